The van der Waals surface area contributed by atoms with Gasteiger partial charge in [-0.2, -0.15) is 0 Å². The molecule has 0 saturated carbocycles. The van der Waals surface area contributed by atoms with Gasteiger partial charge in [-0.05, 0) is 37.0 Å². The summed E-state index contributed by atoms with van der Waals surface area (Å²) in [6, 6.07) is 7.83. The van der Waals surface area contributed by atoms with Crippen LogP contribution in [-0.4, -0.2) is 16.9 Å². The number of nitrogens with two attached hydrogens (primary N) is 2. The highest BCUT2D eigenvalue weighted by molar-refractivity contribution is 7.13. The number of carbonyl (C=O) groups is 1. The number of carbonyl (C=O) groups excluding carboxylic acids is 1. The predicted molar refractivity (Wildman–Crippen MR) is 97.6 cm³/mol. The van der Waals surface area contributed by atoms with E-state index in [-0.39, 0.29) is 24.3 Å². The Labute approximate surface area is 145 Å². The number of anilines is 1. The average molecular weight is 354 g/mol. The fourth-order valence-electron chi connectivity index (χ4n) is 1.99. The van der Waals surface area contributed by atoms with Crippen molar-refractivity contribution in [2.24, 2.45) is 16.5 Å². The fourth-order valence-corrected chi connectivity index (χ4v) is 2.78. The number of hydrogen-bond donors (Lipinski definition) is 3. The third-order valence-electron chi connectivity index (χ3n) is 2.93. The van der Waals surface area contributed by atoms with Crippen molar-refractivity contribution in [3.8, 4) is 0 Å². The van der Waals surface area contributed by atoms with Gasteiger partial charge in [-0.25, -0.2) is 9.98 Å². The van der Waals surface area contributed by atoms with Crippen molar-refractivity contribution in [3.63, 3.8) is 0 Å². The summed E-state index contributed by atoms with van der Waals surface area (Å²) in [5.74, 6) is -0.0342. The van der Waals surface area contributed by atoms with Crippen LogP contribution in [0, 0.1) is 0 Å². The Kier molecular flexibility index (Phi) is 7.50. The summed E-state index contributed by atoms with van der Waals surface area (Å²) in [4.78, 5) is 19.3. The molecular weight excluding hydrogens is 334 g/mol. The zero-order chi connectivity index (χ0) is 15.9. The normalized spacial score (nSPS) is 9.78. The van der Waals surface area contributed by atoms with Crippen LogP contribution < -0.4 is 16.8 Å². The Morgan fingerprint density at radius 3 is 2.57 bits per heavy atom. The minimum atomic E-state index is -0.0956. The summed E-state index contributed by atoms with van der Waals surface area (Å²) in [5, 5.41) is 5.33. The molecule has 1 aromatic carbocycles. The zero-order valence-electron chi connectivity index (χ0n) is 12.8. The molecule has 0 unspecified atom stereocenters. The van der Waals surface area contributed by atoms with Crippen molar-refractivity contribution in [2.45, 2.75) is 26.2 Å². The number of amides is 1. The lowest BCUT2D eigenvalue weighted by atomic mass is 10.1. The Bertz CT molecular complexity index is 665. The number of guanidine groups is 1. The van der Waals surface area contributed by atoms with Crippen molar-refractivity contribution in [2.75, 3.05) is 5.32 Å². The topological polar surface area (TPSA) is 106 Å². The van der Waals surface area contributed by atoms with Gasteiger partial charge in [0.2, 0.25) is 5.91 Å². The second kappa shape index (κ2) is 9.12. The third kappa shape index (κ3) is 6.66. The van der Waals surface area contributed by atoms with Crippen LogP contribution in [0.4, 0.5) is 10.8 Å². The molecule has 0 fully saturated rings. The van der Waals surface area contributed by atoms with Crippen LogP contribution in [0.2, 0.25) is 0 Å². The molecule has 0 aliphatic heterocycles. The van der Waals surface area contributed by atoms with Crippen LogP contribution in [0.25, 0.3) is 0 Å². The van der Waals surface area contributed by atoms with Crippen LogP contribution >= 0.6 is 23.7 Å². The van der Waals surface area contributed by atoms with Gasteiger partial charge in [-0.15, -0.1) is 23.7 Å². The molecule has 0 saturated heterocycles. The molecule has 2 aromatic rings. The molecule has 8 heteroatoms. The number of hydrogen-bond acceptors (Lipinski definition) is 4. The van der Waals surface area contributed by atoms with Gasteiger partial charge in [0, 0.05) is 12.3 Å². The van der Waals surface area contributed by atoms with E-state index in [2.05, 4.69) is 15.3 Å². The zero-order valence-corrected chi connectivity index (χ0v) is 14.4. The van der Waals surface area contributed by atoms with Gasteiger partial charge in [0.25, 0.3) is 0 Å². The number of rotatable bonds is 6. The van der Waals surface area contributed by atoms with Gasteiger partial charge < -0.3 is 16.8 Å². The lowest BCUT2D eigenvalue weighted by molar-refractivity contribution is -0.114. The molecule has 0 aliphatic rings. The van der Waals surface area contributed by atoms with Crippen LogP contribution in [-0.2, 0) is 17.6 Å². The second-order valence-corrected chi connectivity index (χ2v) is 5.74. The van der Waals surface area contributed by atoms with E-state index in [9.17, 15) is 4.79 Å². The van der Waals surface area contributed by atoms with E-state index >= 15 is 0 Å². The number of aromatic nitrogens is 1. The second-order valence-electron chi connectivity index (χ2n) is 4.88. The minimum Gasteiger partial charge on any atom is -0.370 e. The van der Waals surface area contributed by atoms with E-state index in [1.54, 1.807) is 0 Å². The number of halogens is 1. The number of benzene rings is 1. The third-order valence-corrected chi connectivity index (χ3v) is 3.73. The molecule has 0 atom stereocenters. The number of thiazole rings is 1. The molecule has 1 amide bonds. The van der Waals surface area contributed by atoms with E-state index in [4.69, 9.17) is 11.5 Å². The molecule has 1 heterocycles. The Hall–Kier alpha value is -2.12. The maximum Gasteiger partial charge on any atom is 0.223 e. The first-order valence-electron chi connectivity index (χ1n) is 6.93. The van der Waals surface area contributed by atoms with Crippen LogP contribution in [0.3, 0.4) is 0 Å². The predicted octanol–water partition coefficient (Wildman–Crippen LogP) is 2.60. The molecule has 0 spiro atoms. The highest BCUT2D eigenvalue weighted by Gasteiger charge is 2.03. The maximum atomic E-state index is 10.9. The Morgan fingerprint density at radius 1 is 1.26 bits per heavy atom. The van der Waals surface area contributed by atoms with Crippen LogP contribution in [0.5, 0.6) is 0 Å². The van der Waals surface area contributed by atoms with E-state index < -0.39 is 0 Å². The number of aliphatic imine (C=N–C) groups is 1. The number of nitrogens with zero attached hydrogens (tertiary/aromatic N) is 2. The first-order chi connectivity index (χ1) is 10.5. The minimum absolute atomic E-state index is 0. The molecule has 2 rings (SSSR count). The van der Waals surface area contributed by atoms with Crippen molar-refractivity contribution in [1.29, 1.82) is 0 Å². The molecule has 0 bridgehead atoms. The van der Waals surface area contributed by atoms with E-state index in [1.807, 2.05) is 29.6 Å². The molecule has 0 radical (unpaired) electrons. The summed E-state index contributed by atoms with van der Waals surface area (Å²) >= 11 is 1.45. The van der Waals surface area contributed by atoms with E-state index in [1.165, 1.54) is 23.8 Å². The lowest BCUT2D eigenvalue weighted by Gasteiger charge is -2.01. The number of aryl methyl sites for hydroxylation is 2. The molecule has 124 valence electrons. The van der Waals surface area contributed by atoms with Gasteiger partial charge in [-0.3, -0.25) is 4.79 Å². The van der Waals surface area contributed by atoms with Crippen LogP contribution in [0.1, 0.15) is 24.6 Å². The van der Waals surface area contributed by atoms with E-state index in [0.29, 0.717) is 5.13 Å². The fraction of sp³-hybridized carbons (Fsp3) is 0.267. The summed E-state index contributed by atoms with van der Waals surface area (Å²) < 4.78 is 0. The molecule has 0 aliphatic carbocycles. The molecule has 1 aromatic heterocycles. The lowest BCUT2D eigenvalue weighted by Crippen LogP contribution is -2.21. The van der Waals surface area contributed by atoms with Gasteiger partial charge >= 0.3 is 0 Å². The Morgan fingerprint density at radius 2 is 1.96 bits per heavy atom. The highest BCUT2D eigenvalue weighted by Crippen LogP contribution is 2.18. The summed E-state index contributed by atoms with van der Waals surface area (Å²) in [6.45, 7) is 1.48. The molecule has 23 heavy (non-hydrogen) atoms. The van der Waals surface area contributed by atoms with E-state index in [0.717, 1.165) is 30.6 Å². The van der Waals surface area contributed by atoms with Gasteiger partial charge in [0.15, 0.2) is 11.1 Å². The van der Waals surface area contributed by atoms with Crippen molar-refractivity contribution >= 4 is 46.4 Å². The monoisotopic (exact) mass is 353 g/mol. The van der Waals surface area contributed by atoms with Crippen molar-refractivity contribution in [3.05, 3.63) is 40.9 Å². The van der Waals surface area contributed by atoms with Crippen LogP contribution in [0.15, 0.2) is 34.6 Å². The SMILES string of the molecule is CC(=O)Nc1nc(CCCc2ccc(N=C(N)N)cc2)cs1.Cl. The van der Waals surface area contributed by atoms with Gasteiger partial charge in [0.05, 0.1) is 11.4 Å². The van der Waals surface area contributed by atoms with Gasteiger partial charge in [0.1, 0.15) is 0 Å². The quantitative estimate of drug-likeness (QED) is 0.548. The number of nitrogens with one attached hydrogen (secondary N) is 1. The van der Waals surface area contributed by atoms with Gasteiger partial charge in [-0.1, -0.05) is 12.1 Å². The summed E-state index contributed by atoms with van der Waals surface area (Å²) in [6.07, 6.45) is 2.83. The average Bonchev–Trinajstić information content (AvgIpc) is 2.87. The largest absolute Gasteiger partial charge is 0.370 e. The molecule has 5 N–H and O–H groups in total. The van der Waals surface area contributed by atoms with Crippen molar-refractivity contribution in [1.82, 2.24) is 4.98 Å². The summed E-state index contributed by atoms with van der Waals surface area (Å²) in [5.41, 5.74) is 13.7. The molecular formula is C15H20ClN5OS. The first kappa shape index (κ1) is 18.9. The highest BCUT2D eigenvalue weighted by atomic mass is 35.5. The maximum absolute atomic E-state index is 10.9. The standard InChI is InChI=1S/C15H19N5OS.ClH/c1-10(21)18-15-20-13(9-22-15)4-2-3-11-5-7-12(8-6-11)19-14(16)17;/h5-9H,2-4H2,1H3,(H4,16,17,19)(H,18,20,21);1H. The summed E-state index contributed by atoms with van der Waals surface area (Å²) in [7, 11) is 0. The van der Waals surface area contributed by atoms with Crippen molar-refractivity contribution < 1.29 is 4.79 Å². The Balaban J connectivity index is 0.00000264. The first-order valence-corrected chi connectivity index (χ1v) is 7.81. The smallest absolute Gasteiger partial charge is 0.223 e. The molecule has 6 nitrogen and oxygen atoms in total.